The SMILES string of the molecule is C=C1C=CC(C)=C(c2ccccc2)N1N. The number of nitrogens with two attached hydrogens (primary N) is 1. The number of allylic oxidation sites excluding steroid dienone is 3. The molecule has 0 saturated carbocycles. The monoisotopic (exact) mass is 198 g/mol. The van der Waals surface area contributed by atoms with E-state index >= 15 is 0 Å². The van der Waals surface area contributed by atoms with Gasteiger partial charge in [0.2, 0.25) is 0 Å². The van der Waals surface area contributed by atoms with Crippen LogP contribution in [0.15, 0.2) is 60.3 Å². The average molecular weight is 198 g/mol. The van der Waals surface area contributed by atoms with Gasteiger partial charge in [-0.1, -0.05) is 43.0 Å². The van der Waals surface area contributed by atoms with Crippen molar-refractivity contribution in [3.8, 4) is 0 Å². The number of benzene rings is 1. The van der Waals surface area contributed by atoms with E-state index in [0.29, 0.717) is 0 Å². The van der Waals surface area contributed by atoms with Gasteiger partial charge in [0, 0.05) is 0 Å². The van der Waals surface area contributed by atoms with Crippen LogP contribution >= 0.6 is 0 Å². The maximum Gasteiger partial charge on any atom is 0.0676 e. The number of nitrogens with zero attached hydrogens (tertiary/aromatic N) is 1. The van der Waals surface area contributed by atoms with Crippen LogP contribution in [0.25, 0.3) is 5.70 Å². The highest BCUT2D eigenvalue weighted by Gasteiger charge is 2.15. The van der Waals surface area contributed by atoms with Crippen LogP contribution in [-0.2, 0) is 0 Å². The fourth-order valence-corrected chi connectivity index (χ4v) is 1.68. The van der Waals surface area contributed by atoms with Crippen LogP contribution in [0.5, 0.6) is 0 Å². The van der Waals surface area contributed by atoms with E-state index in [4.69, 9.17) is 5.84 Å². The van der Waals surface area contributed by atoms with E-state index in [0.717, 1.165) is 22.5 Å². The van der Waals surface area contributed by atoms with Gasteiger partial charge in [0.25, 0.3) is 0 Å². The van der Waals surface area contributed by atoms with Gasteiger partial charge in [-0.25, -0.2) is 5.84 Å². The third-order valence-electron chi connectivity index (χ3n) is 2.50. The lowest BCUT2D eigenvalue weighted by molar-refractivity contribution is 0.530. The summed E-state index contributed by atoms with van der Waals surface area (Å²) >= 11 is 0. The van der Waals surface area contributed by atoms with Crippen molar-refractivity contribution >= 4 is 5.70 Å². The zero-order valence-corrected chi connectivity index (χ0v) is 8.77. The summed E-state index contributed by atoms with van der Waals surface area (Å²) in [5.74, 6) is 5.97. The van der Waals surface area contributed by atoms with Crippen molar-refractivity contribution in [2.24, 2.45) is 5.84 Å². The first-order chi connectivity index (χ1) is 7.20. The van der Waals surface area contributed by atoms with Gasteiger partial charge in [0.15, 0.2) is 0 Å². The molecule has 0 bridgehead atoms. The molecule has 76 valence electrons. The Labute approximate surface area is 90.0 Å². The van der Waals surface area contributed by atoms with Gasteiger partial charge < -0.3 is 0 Å². The van der Waals surface area contributed by atoms with E-state index < -0.39 is 0 Å². The summed E-state index contributed by atoms with van der Waals surface area (Å²) in [5.41, 5.74) is 4.08. The molecular formula is C13H14N2. The summed E-state index contributed by atoms with van der Waals surface area (Å²) in [6, 6.07) is 10.1. The van der Waals surface area contributed by atoms with Crippen molar-refractivity contribution in [2.45, 2.75) is 6.92 Å². The van der Waals surface area contributed by atoms with E-state index in [1.807, 2.05) is 49.4 Å². The minimum atomic E-state index is 0.805. The second kappa shape index (κ2) is 3.75. The summed E-state index contributed by atoms with van der Waals surface area (Å²) in [5, 5.41) is 1.63. The van der Waals surface area contributed by atoms with E-state index in [2.05, 4.69) is 6.58 Å². The van der Waals surface area contributed by atoms with Crippen molar-refractivity contribution in [1.29, 1.82) is 0 Å². The van der Waals surface area contributed by atoms with Crippen molar-refractivity contribution in [2.75, 3.05) is 0 Å². The largest absolute Gasteiger partial charge is 0.279 e. The van der Waals surface area contributed by atoms with Gasteiger partial charge in [0.05, 0.1) is 11.4 Å². The molecule has 0 aliphatic carbocycles. The summed E-state index contributed by atoms with van der Waals surface area (Å²) in [7, 11) is 0. The van der Waals surface area contributed by atoms with Crippen LogP contribution in [0, 0.1) is 0 Å². The second-order valence-corrected chi connectivity index (χ2v) is 3.59. The molecule has 0 atom stereocenters. The highest BCUT2D eigenvalue weighted by molar-refractivity contribution is 5.72. The normalized spacial score (nSPS) is 16.1. The summed E-state index contributed by atoms with van der Waals surface area (Å²) in [6.07, 6.45) is 3.95. The Morgan fingerprint density at radius 3 is 2.47 bits per heavy atom. The zero-order valence-electron chi connectivity index (χ0n) is 8.77. The van der Waals surface area contributed by atoms with Gasteiger partial charge >= 0.3 is 0 Å². The summed E-state index contributed by atoms with van der Waals surface area (Å²) in [6.45, 7) is 5.93. The van der Waals surface area contributed by atoms with Crippen molar-refractivity contribution < 1.29 is 0 Å². The molecule has 0 spiro atoms. The molecular weight excluding hydrogens is 184 g/mol. The lowest BCUT2D eigenvalue weighted by Crippen LogP contribution is -2.29. The fraction of sp³-hybridized carbons (Fsp3) is 0.0769. The highest BCUT2D eigenvalue weighted by atomic mass is 15.4. The minimum Gasteiger partial charge on any atom is -0.279 e. The second-order valence-electron chi connectivity index (χ2n) is 3.59. The Bertz CT molecular complexity index is 441. The summed E-state index contributed by atoms with van der Waals surface area (Å²) < 4.78 is 0. The average Bonchev–Trinajstić information content (AvgIpc) is 2.26. The maximum atomic E-state index is 5.97. The fourth-order valence-electron chi connectivity index (χ4n) is 1.68. The molecule has 0 radical (unpaired) electrons. The molecule has 2 heteroatoms. The number of hydrogen-bond acceptors (Lipinski definition) is 2. The molecule has 1 heterocycles. The number of rotatable bonds is 1. The van der Waals surface area contributed by atoms with Gasteiger partial charge in [0.1, 0.15) is 0 Å². The molecule has 0 unspecified atom stereocenters. The predicted octanol–water partition coefficient (Wildman–Crippen LogP) is 2.68. The molecule has 1 aromatic rings. The van der Waals surface area contributed by atoms with E-state index in [-0.39, 0.29) is 0 Å². The smallest absolute Gasteiger partial charge is 0.0676 e. The molecule has 1 aliphatic heterocycles. The first-order valence-electron chi connectivity index (χ1n) is 4.88. The van der Waals surface area contributed by atoms with Crippen molar-refractivity contribution in [3.63, 3.8) is 0 Å². The third kappa shape index (κ3) is 1.72. The Kier molecular flexibility index (Phi) is 2.44. The molecule has 2 N–H and O–H groups in total. The van der Waals surface area contributed by atoms with Gasteiger partial charge in [-0.3, -0.25) is 5.01 Å². The Morgan fingerprint density at radius 1 is 1.13 bits per heavy atom. The lowest BCUT2D eigenvalue weighted by atomic mass is 10.0. The van der Waals surface area contributed by atoms with Gasteiger partial charge in [-0.2, -0.15) is 0 Å². The van der Waals surface area contributed by atoms with Crippen LogP contribution in [0.4, 0.5) is 0 Å². The predicted molar refractivity (Wildman–Crippen MR) is 63.3 cm³/mol. The quantitative estimate of drug-likeness (QED) is 0.703. The molecule has 1 aromatic carbocycles. The molecule has 0 fully saturated rings. The van der Waals surface area contributed by atoms with E-state index in [9.17, 15) is 0 Å². The molecule has 2 nitrogen and oxygen atoms in total. The maximum absolute atomic E-state index is 5.97. The van der Waals surface area contributed by atoms with Crippen LogP contribution in [0.2, 0.25) is 0 Å². The molecule has 1 aliphatic rings. The van der Waals surface area contributed by atoms with Crippen molar-refractivity contribution in [1.82, 2.24) is 5.01 Å². The molecule has 0 amide bonds. The molecule has 2 rings (SSSR count). The van der Waals surface area contributed by atoms with E-state index in [1.165, 1.54) is 0 Å². The van der Waals surface area contributed by atoms with Crippen LogP contribution in [-0.4, -0.2) is 5.01 Å². The highest BCUT2D eigenvalue weighted by Crippen LogP contribution is 2.27. The van der Waals surface area contributed by atoms with Gasteiger partial charge in [-0.15, -0.1) is 0 Å². The molecule has 0 aromatic heterocycles. The van der Waals surface area contributed by atoms with Crippen LogP contribution in [0.3, 0.4) is 0 Å². The zero-order chi connectivity index (χ0) is 10.8. The minimum absolute atomic E-state index is 0.805. The Balaban J connectivity index is 2.51. The lowest BCUT2D eigenvalue weighted by Gasteiger charge is -2.27. The van der Waals surface area contributed by atoms with Gasteiger partial charge in [-0.05, 0) is 24.1 Å². The summed E-state index contributed by atoms with van der Waals surface area (Å²) in [4.78, 5) is 0. The van der Waals surface area contributed by atoms with Crippen molar-refractivity contribution in [3.05, 3.63) is 65.9 Å². The number of hydrogen-bond donors (Lipinski definition) is 1. The van der Waals surface area contributed by atoms with Crippen LogP contribution < -0.4 is 5.84 Å². The van der Waals surface area contributed by atoms with E-state index in [1.54, 1.807) is 5.01 Å². The topological polar surface area (TPSA) is 29.3 Å². The third-order valence-corrected chi connectivity index (χ3v) is 2.50. The Hall–Kier alpha value is -1.80. The number of hydrazine groups is 1. The Morgan fingerprint density at radius 2 is 1.80 bits per heavy atom. The first-order valence-corrected chi connectivity index (χ1v) is 4.88. The van der Waals surface area contributed by atoms with Crippen LogP contribution in [0.1, 0.15) is 12.5 Å². The standard InChI is InChI=1S/C13H14N2/c1-10-8-9-11(2)15(14)13(10)12-6-4-3-5-7-12/h3-9H,2,14H2,1H3. The first kappa shape index (κ1) is 9.74. The molecule has 0 saturated heterocycles. The molecule has 15 heavy (non-hydrogen) atoms.